The monoisotopic (exact) mass is 384 g/mol. The predicted molar refractivity (Wildman–Crippen MR) is 113 cm³/mol. The minimum atomic E-state index is -0.481. The van der Waals surface area contributed by atoms with Crippen molar-refractivity contribution in [2.24, 2.45) is 0 Å². The molecule has 0 aliphatic heterocycles. The van der Waals surface area contributed by atoms with Gasteiger partial charge in [-0.15, -0.1) is 11.8 Å². The van der Waals surface area contributed by atoms with Crippen LogP contribution in [0.5, 0.6) is 0 Å². The molecule has 2 amide bonds. The molecule has 1 N–H and O–H groups in total. The second-order valence-electron chi connectivity index (χ2n) is 6.53. The van der Waals surface area contributed by atoms with Crippen LogP contribution in [0.4, 0.5) is 0 Å². The van der Waals surface area contributed by atoms with Gasteiger partial charge in [-0.25, -0.2) is 0 Å². The Labute approximate surface area is 166 Å². The lowest BCUT2D eigenvalue weighted by Crippen LogP contribution is -2.48. The maximum Gasteiger partial charge on any atom is 0.242 e. The zero-order chi connectivity index (χ0) is 19.6. The zero-order valence-corrected chi connectivity index (χ0v) is 17.1. The van der Waals surface area contributed by atoms with Crippen molar-refractivity contribution in [2.75, 3.05) is 19.3 Å². The summed E-state index contributed by atoms with van der Waals surface area (Å²) in [4.78, 5) is 26.6. The van der Waals surface area contributed by atoms with Crippen LogP contribution in [0.3, 0.4) is 0 Å². The van der Waals surface area contributed by atoms with E-state index in [1.165, 1.54) is 11.1 Å². The van der Waals surface area contributed by atoms with Crippen LogP contribution in [0.2, 0.25) is 0 Å². The summed E-state index contributed by atoms with van der Waals surface area (Å²) in [7, 11) is 1.60. The van der Waals surface area contributed by atoms with E-state index < -0.39 is 6.04 Å². The van der Waals surface area contributed by atoms with Crippen LogP contribution >= 0.6 is 11.8 Å². The van der Waals surface area contributed by atoms with E-state index in [1.54, 1.807) is 30.6 Å². The number of carbonyl (C=O) groups is 2. The van der Waals surface area contributed by atoms with Gasteiger partial charge in [-0.05, 0) is 37.0 Å². The minimum absolute atomic E-state index is 0.000570. The van der Waals surface area contributed by atoms with E-state index in [9.17, 15) is 9.59 Å². The molecule has 0 radical (unpaired) electrons. The fourth-order valence-corrected chi connectivity index (χ4v) is 3.87. The molecule has 4 nitrogen and oxygen atoms in total. The average Bonchev–Trinajstić information content (AvgIpc) is 2.69. The Hall–Kier alpha value is -2.27. The third-order valence-electron chi connectivity index (χ3n) is 4.64. The van der Waals surface area contributed by atoms with Gasteiger partial charge in [0.15, 0.2) is 0 Å². The number of carbonyl (C=O) groups excluding carboxylic acids is 2. The molecular formula is C22H28N2O2S. The first-order valence-corrected chi connectivity index (χ1v) is 10.4. The molecule has 0 aliphatic rings. The third-order valence-corrected chi connectivity index (χ3v) is 5.61. The molecular weight excluding hydrogens is 356 g/mol. The molecule has 0 saturated heterocycles. The maximum atomic E-state index is 12.8. The molecule has 0 heterocycles. The molecule has 2 rings (SSSR count). The summed E-state index contributed by atoms with van der Waals surface area (Å²) in [6.07, 6.45) is 0.733. The Bertz CT molecular complexity index is 749. The van der Waals surface area contributed by atoms with Gasteiger partial charge in [-0.2, -0.15) is 0 Å². The molecule has 5 heteroatoms. The molecule has 0 fully saturated rings. The van der Waals surface area contributed by atoms with Crippen LogP contribution in [0.25, 0.3) is 0 Å². The summed E-state index contributed by atoms with van der Waals surface area (Å²) < 4.78 is 0. The number of hydrogen-bond acceptors (Lipinski definition) is 3. The normalized spacial score (nSPS) is 11.7. The van der Waals surface area contributed by atoms with E-state index >= 15 is 0 Å². The Kier molecular flexibility index (Phi) is 8.40. The number of benzene rings is 2. The van der Waals surface area contributed by atoms with E-state index in [-0.39, 0.29) is 11.8 Å². The van der Waals surface area contributed by atoms with E-state index in [4.69, 9.17) is 0 Å². The largest absolute Gasteiger partial charge is 0.357 e. The number of nitrogens with one attached hydrogen (secondary N) is 1. The van der Waals surface area contributed by atoms with Gasteiger partial charge < -0.3 is 10.2 Å². The average molecular weight is 385 g/mol. The lowest BCUT2D eigenvalue weighted by atomic mass is 10.1. The summed E-state index contributed by atoms with van der Waals surface area (Å²) in [5.41, 5.74) is 3.63. The molecule has 144 valence electrons. The molecule has 2 aromatic rings. The van der Waals surface area contributed by atoms with E-state index in [1.807, 2.05) is 42.5 Å². The fourth-order valence-electron chi connectivity index (χ4n) is 2.88. The molecule has 0 unspecified atom stereocenters. The summed E-state index contributed by atoms with van der Waals surface area (Å²) in [6.45, 7) is 4.40. The van der Waals surface area contributed by atoms with Crippen molar-refractivity contribution in [1.82, 2.24) is 10.2 Å². The van der Waals surface area contributed by atoms with Gasteiger partial charge >= 0.3 is 0 Å². The summed E-state index contributed by atoms with van der Waals surface area (Å²) in [6, 6.07) is 17.8. The highest BCUT2D eigenvalue weighted by atomic mass is 32.2. The first kappa shape index (κ1) is 21.0. The smallest absolute Gasteiger partial charge is 0.242 e. The van der Waals surface area contributed by atoms with Crippen molar-refractivity contribution in [3.05, 3.63) is 71.3 Å². The number of thioether (sulfide) groups is 1. The lowest BCUT2D eigenvalue weighted by Gasteiger charge is -2.28. The quantitative estimate of drug-likeness (QED) is 0.721. The van der Waals surface area contributed by atoms with E-state index in [0.717, 1.165) is 17.7 Å². The standard InChI is InChI=1S/C22H28N2O2S/c1-17-9-7-8-12-20(17)15-27-16-21(25)24(18(2)22(26)23-3)14-13-19-10-5-4-6-11-19/h4-12,18H,13-16H2,1-3H3,(H,23,26)/t18-/m1/s1. The Morgan fingerprint density at radius 2 is 1.74 bits per heavy atom. The number of amides is 2. The van der Waals surface area contributed by atoms with Crippen molar-refractivity contribution in [1.29, 1.82) is 0 Å². The second-order valence-corrected chi connectivity index (χ2v) is 7.52. The van der Waals surface area contributed by atoms with Crippen LogP contribution in [0.1, 0.15) is 23.6 Å². The van der Waals surface area contributed by atoms with Gasteiger partial charge in [-0.1, -0.05) is 54.6 Å². The van der Waals surface area contributed by atoms with Crippen LogP contribution in [0, 0.1) is 6.92 Å². The first-order valence-electron chi connectivity index (χ1n) is 9.20. The van der Waals surface area contributed by atoms with Gasteiger partial charge in [0.25, 0.3) is 0 Å². The lowest BCUT2D eigenvalue weighted by molar-refractivity contribution is -0.137. The molecule has 0 aliphatic carbocycles. The highest BCUT2D eigenvalue weighted by molar-refractivity contribution is 7.99. The number of aryl methyl sites for hydroxylation is 1. The molecule has 0 bridgehead atoms. The molecule has 2 aromatic carbocycles. The third kappa shape index (κ3) is 6.43. The van der Waals surface area contributed by atoms with Crippen molar-refractivity contribution >= 4 is 23.6 Å². The number of nitrogens with zero attached hydrogens (tertiary/aromatic N) is 1. The van der Waals surface area contributed by atoms with Gasteiger partial charge in [-0.3, -0.25) is 9.59 Å². The predicted octanol–water partition coefficient (Wildman–Crippen LogP) is 3.43. The van der Waals surface area contributed by atoms with Crippen LogP contribution in [-0.4, -0.2) is 42.1 Å². The minimum Gasteiger partial charge on any atom is -0.357 e. The summed E-state index contributed by atoms with van der Waals surface area (Å²) >= 11 is 1.59. The Morgan fingerprint density at radius 1 is 1.07 bits per heavy atom. The molecule has 27 heavy (non-hydrogen) atoms. The van der Waals surface area contributed by atoms with E-state index in [0.29, 0.717) is 12.3 Å². The zero-order valence-electron chi connectivity index (χ0n) is 16.3. The Balaban J connectivity index is 1.97. The number of rotatable bonds is 9. The van der Waals surface area contributed by atoms with Crippen LogP contribution < -0.4 is 5.32 Å². The van der Waals surface area contributed by atoms with Crippen molar-refractivity contribution < 1.29 is 9.59 Å². The molecule has 0 saturated carbocycles. The highest BCUT2D eigenvalue weighted by Gasteiger charge is 2.24. The summed E-state index contributed by atoms with van der Waals surface area (Å²) in [5, 5.41) is 2.65. The van der Waals surface area contributed by atoms with Gasteiger partial charge in [0, 0.05) is 19.3 Å². The fraction of sp³-hybridized carbons (Fsp3) is 0.364. The van der Waals surface area contributed by atoms with Crippen molar-refractivity contribution in [2.45, 2.75) is 32.1 Å². The topological polar surface area (TPSA) is 49.4 Å². The van der Waals surface area contributed by atoms with Crippen molar-refractivity contribution in [3.63, 3.8) is 0 Å². The number of likely N-dealkylation sites (N-methyl/N-ethyl adjacent to an activating group) is 1. The SMILES string of the molecule is CNC(=O)[C@@H](C)N(CCc1ccccc1)C(=O)CSCc1ccccc1C. The van der Waals surface area contributed by atoms with Crippen LogP contribution in [0.15, 0.2) is 54.6 Å². The first-order chi connectivity index (χ1) is 13.0. The molecule has 1 atom stereocenters. The Morgan fingerprint density at radius 3 is 2.41 bits per heavy atom. The summed E-state index contributed by atoms with van der Waals surface area (Å²) in [5.74, 6) is 1.02. The maximum absolute atomic E-state index is 12.8. The molecule has 0 spiro atoms. The number of hydrogen-bond donors (Lipinski definition) is 1. The van der Waals surface area contributed by atoms with Crippen molar-refractivity contribution in [3.8, 4) is 0 Å². The highest BCUT2D eigenvalue weighted by Crippen LogP contribution is 2.17. The van der Waals surface area contributed by atoms with Gasteiger partial charge in [0.1, 0.15) is 6.04 Å². The van der Waals surface area contributed by atoms with Crippen LogP contribution in [-0.2, 0) is 21.8 Å². The van der Waals surface area contributed by atoms with Gasteiger partial charge in [0.05, 0.1) is 5.75 Å². The molecule has 0 aromatic heterocycles. The van der Waals surface area contributed by atoms with E-state index in [2.05, 4.69) is 24.4 Å². The van der Waals surface area contributed by atoms with Gasteiger partial charge in [0.2, 0.25) is 11.8 Å². The second kappa shape index (κ2) is 10.8.